The molecule has 0 aliphatic rings. The molecule has 0 bridgehead atoms. The topological polar surface area (TPSA) is 95.5 Å². The van der Waals surface area contributed by atoms with Crippen molar-refractivity contribution in [3.05, 3.63) is 139 Å². The van der Waals surface area contributed by atoms with Crippen molar-refractivity contribution in [3.63, 3.8) is 0 Å². The fraction of sp³-hybridized carbons (Fsp3) is 0.143. The second-order valence-electron chi connectivity index (χ2n) is 8.53. The molecule has 4 aromatic rings. The molecule has 4 aromatic carbocycles. The van der Waals surface area contributed by atoms with E-state index in [1.165, 1.54) is 24.3 Å². The second kappa shape index (κ2) is 10.2. The average Bonchev–Trinajstić information content (AvgIpc) is 2.83. The molecule has 0 fully saturated rings. The first-order chi connectivity index (χ1) is 16.8. The number of ether oxygens (including phenoxy) is 1. The average molecular weight is 469 g/mol. The van der Waals surface area contributed by atoms with Crippen LogP contribution in [0.1, 0.15) is 33.4 Å². The molecular weight excluding hydrogens is 444 g/mol. The number of nitro groups is 2. The molecule has 0 heterocycles. The van der Waals surface area contributed by atoms with Crippen LogP contribution in [-0.4, -0.2) is 9.85 Å². The van der Waals surface area contributed by atoms with E-state index >= 15 is 0 Å². The van der Waals surface area contributed by atoms with Gasteiger partial charge in [-0.15, -0.1) is 0 Å². The van der Waals surface area contributed by atoms with Crippen LogP contribution in [0.5, 0.6) is 11.5 Å². The lowest BCUT2D eigenvalue weighted by molar-refractivity contribution is -0.385. The summed E-state index contributed by atoms with van der Waals surface area (Å²) in [7, 11) is 0. The Bertz CT molecular complexity index is 1270. The van der Waals surface area contributed by atoms with Gasteiger partial charge in [0.1, 0.15) is 11.5 Å². The quantitative estimate of drug-likeness (QED) is 0.203. The van der Waals surface area contributed by atoms with Gasteiger partial charge in [0.15, 0.2) is 0 Å². The van der Waals surface area contributed by atoms with Crippen LogP contribution in [0.3, 0.4) is 0 Å². The summed E-state index contributed by atoms with van der Waals surface area (Å²) in [6.45, 7) is 4.02. The smallest absolute Gasteiger partial charge is 0.269 e. The molecule has 4 rings (SSSR count). The number of hydrogen-bond donors (Lipinski definition) is 0. The molecule has 0 N–H and O–H groups in total. The summed E-state index contributed by atoms with van der Waals surface area (Å²) >= 11 is 0. The largest absolute Gasteiger partial charge is 0.457 e. The summed E-state index contributed by atoms with van der Waals surface area (Å²) in [6, 6.07) is 25.0. The lowest BCUT2D eigenvalue weighted by atomic mass is 10.0. The molecule has 0 aromatic heterocycles. The molecule has 0 spiro atoms. The highest BCUT2D eigenvalue weighted by atomic mass is 16.6. The van der Waals surface area contributed by atoms with Crippen LogP contribution in [0.4, 0.5) is 11.4 Å². The first-order valence-electron chi connectivity index (χ1n) is 11.1. The van der Waals surface area contributed by atoms with Gasteiger partial charge in [0, 0.05) is 37.1 Å². The van der Waals surface area contributed by atoms with E-state index in [9.17, 15) is 20.2 Å². The Hall–Kier alpha value is -4.52. The van der Waals surface area contributed by atoms with Crippen molar-refractivity contribution in [2.45, 2.75) is 26.7 Å². The molecule has 0 amide bonds. The Labute approximate surface area is 202 Å². The van der Waals surface area contributed by atoms with Crippen LogP contribution in [0.15, 0.2) is 84.9 Å². The molecule has 0 unspecified atom stereocenters. The number of aryl methyl sites for hydroxylation is 2. The molecule has 0 aliphatic carbocycles. The Morgan fingerprint density at radius 3 is 1.31 bits per heavy atom. The summed E-state index contributed by atoms with van der Waals surface area (Å²) in [6.07, 6.45) is 1.14. The van der Waals surface area contributed by atoms with Gasteiger partial charge in [0.2, 0.25) is 0 Å². The third-order valence-corrected chi connectivity index (χ3v) is 5.74. The highest BCUT2D eigenvalue weighted by molar-refractivity contribution is 5.48. The predicted octanol–water partition coefficient (Wildman–Crippen LogP) is 7.09. The highest BCUT2D eigenvalue weighted by Gasteiger charge is 2.13. The van der Waals surface area contributed by atoms with Gasteiger partial charge < -0.3 is 4.74 Å². The Morgan fingerprint density at radius 2 is 0.971 bits per heavy atom. The summed E-state index contributed by atoms with van der Waals surface area (Å²) in [5.74, 6) is 1.42. The fourth-order valence-corrected chi connectivity index (χ4v) is 3.92. The zero-order valence-corrected chi connectivity index (χ0v) is 19.4. The molecule has 0 saturated heterocycles. The predicted molar refractivity (Wildman–Crippen MR) is 134 cm³/mol. The minimum Gasteiger partial charge on any atom is -0.457 e. The fourth-order valence-electron chi connectivity index (χ4n) is 3.92. The number of non-ortho nitro benzene ring substituents is 2. The first-order valence-corrected chi connectivity index (χ1v) is 11.1. The minimum absolute atomic E-state index is 0.0602. The summed E-state index contributed by atoms with van der Waals surface area (Å²) in [5, 5.41) is 21.9. The van der Waals surface area contributed by atoms with Crippen molar-refractivity contribution >= 4 is 11.4 Å². The van der Waals surface area contributed by atoms with E-state index in [-0.39, 0.29) is 11.4 Å². The van der Waals surface area contributed by atoms with Gasteiger partial charge in [-0.25, -0.2) is 0 Å². The molecule has 7 heteroatoms. The van der Waals surface area contributed by atoms with E-state index in [1.54, 1.807) is 24.3 Å². The van der Waals surface area contributed by atoms with Crippen LogP contribution >= 0.6 is 0 Å². The normalized spacial score (nSPS) is 10.7. The molecule has 0 aliphatic heterocycles. The van der Waals surface area contributed by atoms with E-state index in [0.717, 1.165) is 33.4 Å². The van der Waals surface area contributed by atoms with Crippen LogP contribution in [0.2, 0.25) is 0 Å². The zero-order chi connectivity index (χ0) is 24.9. The van der Waals surface area contributed by atoms with Crippen LogP contribution in [0, 0.1) is 34.1 Å². The summed E-state index contributed by atoms with van der Waals surface area (Å²) in [4.78, 5) is 21.1. The van der Waals surface area contributed by atoms with Crippen LogP contribution in [-0.2, 0) is 12.8 Å². The van der Waals surface area contributed by atoms with Gasteiger partial charge in [-0.2, -0.15) is 0 Å². The highest BCUT2D eigenvalue weighted by Crippen LogP contribution is 2.32. The SMILES string of the molecule is Cc1ccc(Oc2ccc(C)cc2Cc2ccc([N+](=O)[O-])cc2)c(Cc2ccc([N+](=O)[O-])cc2)c1. The summed E-state index contributed by atoms with van der Waals surface area (Å²) in [5.41, 5.74) is 6.13. The van der Waals surface area contributed by atoms with E-state index < -0.39 is 9.85 Å². The zero-order valence-electron chi connectivity index (χ0n) is 19.4. The molecule has 0 radical (unpaired) electrons. The molecular formula is C28H24N2O5. The van der Waals surface area contributed by atoms with Crippen LogP contribution in [0.25, 0.3) is 0 Å². The van der Waals surface area contributed by atoms with E-state index in [4.69, 9.17) is 4.74 Å². The van der Waals surface area contributed by atoms with Crippen molar-refractivity contribution in [1.82, 2.24) is 0 Å². The molecule has 7 nitrogen and oxygen atoms in total. The van der Waals surface area contributed by atoms with Gasteiger partial charge in [-0.3, -0.25) is 20.2 Å². The Morgan fingerprint density at radius 1 is 0.600 bits per heavy atom. The number of hydrogen-bond acceptors (Lipinski definition) is 5. The van der Waals surface area contributed by atoms with Gasteiger partial charge in [-0.1, -0.05) is 59.7 Å². The number of benzene rings is 4. The van der Waals surface area contributed by atoms with Crippen molar-refractivity contribution in [2.24, 2.45) is 0 Å². The van der Waals surface area contributed by atoms with Crippen LogP contribution < -0.4 is 4.74 Å². The molecule has 0 saturated carbocycles. The third-order valence-electron chi connectivity index (χ3n) is 5.74. The van der Waals surface area contributed by atoms with E-state index in [2.05, 4.69) is 12.1 Å². The monoisotopic (exact) mass is 468 g/mol. The Balaban J connectivity index is 1.61. The lowest BCUT2D eigenvalue weighted by Gasteiger charge is -2.16. The Kier molecular flexibility index (Phi) is 6.87. The van der Waals surface area contributed by atoms with Gasteiger partial charge in [0.05, 0.1) is 9.85 Å². The van der Waals surface area contributed by atoms with Crippen molar-refractivity contribution in [2.75, 3.05) is 0 Å². The maximum Gasteiger partial charge on any atom is 0.269 e. The van der Waals surface area contributed by atoms with Gasteiger partial charge >= 0.3 is 0 Å². The third kappa shape index (κ3) is 5.89. The maximum absolute atomic E-state index is 11.0. The van der Waals surface area contributed by atoms with E-state index in [0.29, 0.717) is 24.3 Å². The van der Waals surface area contributed by atoms with Crippen molar-refractivity contribution < 1.29 is 14.6 Å². The van der Waals surface area contributed by atoms with Gasteiger partial charge in [0.25, 0.3) is 11.4 Å². The number of rotatable bonds is 8. The maximum atomic E-state index is 11.0. The second-order valence-corrected chi connectivity index (χ2v) is 8.53. The molecule has 35 heavy (non-hydrogen) atoms. The van der Waals surface area contributed by atoms with Crippen molar-refractivity contribution in [1.29, 1.82) is 0 Å². The minimum atomic E-state index is -0.408. The number of nitrogens with zero attached hydrogens (tertiary/aromatic N) is 2. The van der Waals surface area contributed by atoms with Gasteiger partial charge in [-0.05, 0) is 48.2 Å². The lowest BCUT2D eigenvalue weighted by Crippen LogP contribution is -1.99. The molecule has 176 valence electrons. The van der Waals surface area contributed by atoms with Crippen molar-refractivity contribution in [3.8, 4) is 11.5 Å². The number of nitro benzene ring substituents is 2. The van der Waals surface area contributed by atoms with E-state index in [1.807, 2.05) is 38.1 Å². The molecule has 0 atom stereocenters. The standard InChI is InChI=1S/C28H24N2O5/c1-19-3-13-27(23(15-19)17-21-5-9-25(10-6-21)29(31)32)35-28-14-4-20(2)16-24(28)18-22-7-11-26(12-8-22)30(33)34/h3-16H,17-18H2,1-2H3. The first kappa shape index (κ1) is 23.6. The summed E-state index contributed by atoms with van der Waals surface area (Å²) < 4.78 is 6.40.